The zero-order chi connectivity index (χ0) is 17.8. The van der Waals surface area contributed by atoms with Crippen LogP contribution in [0.3, 0.4) is 0 Å². The minimum absolute atomic E-state index is 0.0495. The molecule has 1 aromatic carbocycles. The summed E-state index contributed by atoms with van der Waals surface area (Å²) in [6.45, 7) is 0.540. The molecule has 0 radical (unpaired) electrons. The lowest BCUT2D eigenvalue weighted by molar-refractivity contribution is -0.136. The van der Waals surface area contributed by atoms with Gasteiger partial charge < -0.3 is 24.1 Å². The average molecular weight is 354 g/mol. The number of cyclic esters (lactones) is 1. The van der Waals surface area contributed by atoms with Gasteiger partial charge in [0.15, 0.2) is 23.0 Å². The number of allylic oxidation sites excluding steroid dienone is 2. The van der Waals surface area contributed by atoms with E-state index in [4.69, 9.17) is 18.9 Å². The summed E-state index contributed by atoms with van der Waals surface area (Å²) in [4.78, 5) is 12.2. The van der Waals surface area contributed by atoms with Gasteiger partial charge in [-0.2, -0.15) is 0 Å². The third-order valence-corrected chi connectivity index (χ3v) is 5.55. The second-order valence-corrected chi connectivity index (χ2v) is 6.86. The minimum Gasteiger partial charge on any atom is -0.504 e. The van der Waals surface area contributed by atoms with E-state index < -0.39 is 0 Å². The van der Waals surface area contributed by atoms with Crippen LogP contribution in [0, 0.1) is 5.92 Å². The van der Waals surface area contributed by atoms with Gasteiger partial charge in [-0.25, -0.2) is 4.79 Å². The van der Waals surface area contributed by atoms with Gasteiger partial charge in [0, 0.05) is 17.9 Å². The van der Waals surface area contributed by atoms with Crippen LogP contribution in [-0.4, -0.2) is 31.6 Å². The second-order valence-electron chi connectivity index (χ2n) is 6.86. The minimum atomic E-state index is -0.247. The van der Waals surface area contributed by atoms with E-state index in [-0.39, 0.29) is 30.3 Å². The van der Waals surface area contributed by atoms with E-state index in [0.29, 0.717) is 18.8 Å². The highest BCUT2D eigenvalue weighted by molar-refractivity contribution is 5.93. The van der Waals surface area contributed by atoms with Crippen LogP contribution in [0.1, 0.15) is 23.5 Å². The van der Waals surface area contributed by atoms with E-state index in [2.05, 4.69) is 6.08 Å². The summed E-state index contributed by atoms with van der Waals surface area (Å²) in [6, 6.07) is 3.58. The summed E-state index contributed by atoms with van der Waals surface area (Å²) >= 11 is 0. The predicted molar refractivity (Wildman–Crippen MR) is 90.4 cm³/mol. The van der Waals surface area contributed by atoms with Crippen molar-refractivity contribution in [3.63, 3.8) is 0 Å². The molecule has 0 saturated carbocycles. The van der Waals surface area contributed by atoms with Crippen molar-refractivity contribution in [1.82, 2.24) is 0 Å². The Morgan fingerprint density at radius 1 is 1.19 bits per heavy atom. The lowest BCUT2D eigenvalue weighted by Gasteiger charge is -2.32. The molecule has 0 amide bonds. The summed E-state index contributed by atoms with van der Waals surface area (Å²) in [5.41, 5.74) is 3.73. The molecule has 0 bridgehead atoms. The maximum Gasteiger partial charge on any atom is 0.334 e. The molecule has 1 saturated heterocycles. The fraction of sp³-hybridized carbons (Fsp3) is 0.350. The van der Waals surface area contributed by atoms with Gasteiger partial charge in [-0.05, 0) is 53.3 Å². The van der Waals surface area contributed by atoms with Crippen molar-refractivity contribution in [2.45, 2.75) is 18.8 Å². The maximum atomic E-state index is 12.2. The molecular weight excluding hydrogens is 336 g/mol. The quantitative estimate of drug-likeness (QED) is 0.823. The third-order valence-electron chi connectivity index (χ3n) is 5.55. The van der Waals surface area contributed by atoms with E-state index in [1.54, 1.807) is 6.07 Å². The molecular formula is C20H18O6. The number of ether oxygens (including phenoxy) is 4. The number of carbonyl (C=O) groups is 1. The molecule has 1 fully saturated rings. The number of hydrogen-bond donors (Lipinski definition) is 1. The fourth-order valence-corrected chi connectivity index (χ4v) is 4.34. The van der Waals surface area contributed by atoms with Crippen molar-refractivity contribution in [3.8, 4) is 11.5 Å². The number of phenolic OH excluding ortho intramolecular Hbond substituents is 1. The Labute approximate surface area is 150 Å². The summed E-state index contributed by atoms with van der Waals surface area (Å²) in [6.07, 6.45) is 5.37. The van der Waals surface area contributed by atoms with Crippen LogP contribution < -0.4 is 4.74 Å². The normalized spacial score (nSPS) is 26.0. The Bertz CT molecular complexity index is 907. The summed E-state index contributed by atoms with van der Waals surface area (Å²) < 4.78 is 21.6. The van der Waals surface area contributed by atoms with Crippen LogP contribution in [0.5, 0.6) is 11.5 Å². The molecule has 26 heavy (non-hydrogen) atoms. The standard InChI is InChI=1S/C20H18O6/c1-23-17-6-11-4-13-14(8-24-20(13)22)19(12(11)7-15(17)21)10-2-3-16-18(5-10)26-9-25-16/h3,5-7,10,19,21H,2,4,8-9H2,1H3/t10?,19-/m1/s1. The molecule has 2 atom stereocenters. The summed E-state index contributed by atoms with van der Waals surface area (Å²) in [7, 11) is 1.52. The van der Waals surface area contributed by atoms with Crippen LogP contribution in [0.25, 0.3) is 0 Å². The van der Waals surface area contributed by atoms with Gasteiger partial charge in [-0.1, -0.05) is 0 Å². The topological polar surface area (TPSA) is 74.2 Å². The Hall–Kier alpha value is -2.89. The number of benzene rings is 1. The number of hydrogen-bond acceptors (Lipinski definition) is 6. The Balaban J connectivity index is 1.63. The predicted octanol–water partition coefficient (Wildman–Crippen LogP) is 2.69. The zero-order valence-electron chi connectivity index (χ0n) is 14.3. The molecule has 1 N–H and O–H groups in total. The number of phenols is 1. The second kappa shape index (κ2) is 5.56. The highest BCUT2D eigenvalue weighted by Gasteiger charge is 2.41. The van der Waals surface area contributed by atoms with E-state index in [0.717, 1.165) is 40.2 Å². The van der Waals surface area contributed by atoms with Gasteiger partial charge in [-0.15, -0.1) is 0 Å². The molecule has 134 valence electrons. The van der Waals surface area contributed by atoms with Crippen LogP contribution >= 0.6 is 0 Å². The van der Waals surface area contributed by atoms with Crippen molar-refractivity contribution in [3.05, 3.63) is 58.1 Å². The van der Waals surface area contributed by atoms with Crippen molar-refractivity contribution in [2.24, 2.45) is 5.92 Å². The lowest BCUT2D eigenvalue weighted by atomic mass is 9.70. The molecule has 5 rings (SSSR count). The summed E-state index contributed by atoms with van der Waals surface area (Å²) in [5.74, 6) is 1.85. The van der Waals surface area contributed by atoms with Gasteiger partial charge in [0.05, 0.1) is 7.11 Å². The number of carbonyl (C=O) groups excluding carboxylic acids is 1. The smallest absolute Gasteiger partial charge is 0.334 e. The van der Waals surface area contributed by atoms with Crippen molar-refractivity contribution >= 4 is 5.97 Å². The molecule has 2 heterocycles. The first-order chi connectivity index (χ1) is 12.7. The van der Waals surface area contributed by atoms with Crippen molar-refractivity contribution < 1.29 is 28.8 Å². The molecule has 0 spiro atoms. The molecule has 4 aliphatic rings. The molecule has 6 heteroatoms. The monoisotopic (exact) mass is 354 g/mol. The first-order valence-electron chi connectivity index (χ1n) is 8.62. The zero-order valence-corrected chi connectivity index (χ0v) is 14.3. The number of rotatable bonds is 2. The van der Waals surface area contributed by atoms with Gasteiger partial charge >= 0.3 is 5.97 Å². The van der Waals surface area contributed by atoms with E-state index >= 15 is 0 Å². The van der Waals surface area contributed by atoms with Crippen LogP contribution in [-0.2, 0) is 25.4 Å². The van der Waals surface area contributed by atoms with Gasteiger partial charge in [0.2, 0.25) is 6.79 Å². The third kappa shape index (κ3) is 2.14. The Kier molecular flexibility index (Phi) is 3.29. The average Bonchev–Trinajstić information content (AvgIpc) is 3.26. The fourth-order valence-electron chi connectivity index (χ4n) is 4.34. The van der Waals surface area contributed by atoms with Crippen molar-refractivity contribution in [1.29, 1.82) is 0 Å². The SMILES string of the molecule is COc1cc2c(cc1O)[C@@H](C1C=C3OCOC3=CC1)C1=C(C2)C(=O)OC1. The van der Waals surface area contributed by atoms with E-state index in [1.807, 2.05) is 12.1 Å². The Morgan fingerprint density at radius 3 is 2.88 bits per heavy atom. The molecule has 1 unspecified atom stereocenters. The largest absolute Gasteiger partial charge is 0.504 e. The Morgan fingerprint density at radius 2 is 2.04 bits per heavy atom. The number of methoxy groups -OCH3 is 1. The summed E-state index contributed by atoms with van der Waals surface area (Å²) in [5, 5.41) is 10.3. The lowest BCUT2D eigenvalue weighted by Crippen LogP contribution is -2.23. The van der Waals surface area contributed by atoms with Gasteiger partial charge in [0.1, 0.15) is 6.61 Å². The molecule has 2 aliphatic carbocycles. The van der Waals surface area contributed by atoms with E-state index in [1.165, 1.54) is 7.11 Å². The molecule has 1 aromatic rings. The first-order valence-corrected chi connectivity index (χ1v) is 8.62. The number of esters is 1. The van der Waals surface area contributed by atoms with E-state index in [9.17, 15) is 9.90 Å². The number of aromatic hydroxyl groups is 1. The number of fused-ring (bicyclic) bond motifs is 2. The van der Waals surface area contributed by atoms with Crippen molar-refractivity contribution in [2.75, 3.05) is 20.5 Å². The van der Waals surface area contributed by atoms with Gasteiger partial charge in [0.25, 0.3) is 0 Å². The van der Waals surface area contributed by atoms with Crippen LogP contribution in [0.4, 0.5) is 0 Å². The van der Waals surface area contributed by atoms with Gasteiger partial charge in [-0.3, -0.25) is 0 Å². The molecule has 6 nitrogen and oxygen atoms in total. The highest BCUT2D eigenvalue weighted by Crippen LogP contribution is 2.49. The highest BCUT2D eigenvalue weighted by atomic mass is 16.7. The first kappa shape index (κ1) is 15.4. The van der Waals surface area contributed by atoms with Crippen LogP contribution in [0.15, 0.2) is 46.9 Å². The maximum absolute atomic E-state index is 12.2. The molecule has 2 aliphatic heterocycles. The van der Waals surface area contributed by atoms with Crippen LogP contribution in [0.2, 0.25) is 0 Å². The molecule has 0 aromatic heterocycles.